The Morgan fingerprint density at radius 2 is 1.81 bits per heavy atom. The summed E-state index contributed by atoms with van der Waals surface area (Å²) in [6, 6.07) is 9.50. The average Bonchev–Trinajstić information content (AvgIpc) is 3.24. The second-order valence-corrected chi connectivity index (χ2v) is 7.71. The highest BCUT2D eigenvalue weighted by atomic mass is 16.1. The number of hydrogen-bond acceptors (Lipinski definition) is 5. The van der Waals surface area contributed by atoms with Crippen LogP contribution in [0, 0.1) is 0 Å². The Morgan fingerprint density at radius 3 is 2.48 bits per heavy atom. The summed E-state index contributed by atoms with van der Waals surface area (Å²) in [6.45, 7) is 7.68. The highest BCUT2D eigenvalue weighted by molar-refractivity contribution is 6.04. The highest BCUT2D eigenvalue weighted by Crippen LogP contribution is 2.29. The molecule has 2 aromatic heterocycles. The monoisotopic (exact) mass is 362 g/mol. The normalized spacial score (nSPS) is 13.5. The first-order valence-corrected chi connectivity index (χ1v) is 8.92. The molecule has 3 heterocycles. The Labute approximate surface area is 157 Å². The van der Waals surface area contributed by atoms with Crippen molar-refractivity contribution in [1.82, 2.24) is 20.2 Å². The van der Waals surface area contributed by atoms with Crippen LogP contribution >= 0.6 is 0 Å². The standard InChI is InChI=1S/C20H22N6O/c1-20(2,3)14-7-5-13(6-8-14)18(27)23-17-15-11-26(12-16(15)24-25-17)19-21-9-4-10-22-19/h4-10H,11-12H2,1-3H3,(H2,23,24,25,27). The molecule has 7 heteroatoms. The van der Waals surface area contributed by atoms with Crippen LogP contribution in [-0.2, 0) is 18.5 Å². The maximum absolute atomic E-state index is 12.6. The van der Waals surface area contributed by atoms with Crippen molar-refractivity contribution in [2.45, 2.75) is 39.3 Å². The lowest BCUT2D eigenvalue weighted by atomic mass is 9.87. The van der Waals surface area contributed by atoms with E-state index < -0.39 is 0 Å². The van der Waals surface area contributed by atoms with Gasteiger partial charge in [-0.2, -0.15) is 5.10 Å². The third-order valence-electron chi connectivity index (χ3n) is 4.73. The molecule has 1 aromatic carbocycles. The predicted octanol–water partition coefficient (Wildman–Crippen LogP) is 3.27. The molecule has 0 bridgehead atoms. The van der Waals surface area contributed by atoms with E-state index >= 15 is 0 Å². The maximum Gasteiger partial charge on any atom is 0.256 e. The Hall–Kier alpha value is -3.22. The van der Waals surface area contributed by atoms with Gasteiger partial charge in [-0.3, -0.25) is 9.89 Å². The van der Waals surface area contributed by atoms with Crippen molar-refractivity contribution in [2.75, 3.05) is 10.2 Å². The van der Waals surface area contributed by atoms with Gasteiger partial charge in [-0.25, -0.2) is 9.97 Å². The van der Waals surface area contributed by atoms with Crippen molar-refractivity contribution in [3.8, 4) is 0 Å². The molecule has 0 aliphatic carbocycles. The zero-order chi connectivity index (χ0) is 19.0. The number of amides is 1. The number of aromatic nitrogens is 4. The molecule has 3 aromatic rings. The van der Waals surface area contributed by atoms with E-state index in [4.69, 9.17) is 0 Å². The number of rotatable bonds is 3. The minimum atomic E-state index is -0.156. The minimum absolute atomic E-state index is 0.0577. The highest BCUT2D eigenvalue weighted by Gasteiger charge is 2.27. The zero-order valence-electron chi connectivity index (χ0n) is 15.7. The van der Waals surface area contributed by atoms with Gasteiger partial charge in [-0.15, -0.1) is 0 Å². The van der Waals surface area contributed by atoms with Gasteiger partial charge in [0.2, 0.25) is 5.95 Å². The number of benzene rings is 1. The van der Waals surface area contributed by atoms with Crippen LogP contribution in [0.4, 0.5) is 11.8 Å². The molecule has 0 atom stereocenters. The van der Waals surface area contributed by atoms with Crippen LogP contribution in [0.5, 0.6) is 0 Å². The molecule has 1 aliphatic heterocycles. The fraction of sp³-hybridized carbons (Fsp3) is 0.300. The van der Waals surface area contributed by atoms with Crippen molar-refractivity contribution in [2.24, 2.45) is 0 Å². The molecule has 1 aliphatic rings. The van der Waals surface area contributed by atoms with Crippen molar-refractivity contribution in [3.63, 3.8) is 0 Å². The van der Waals surface area contributed by atoms with Crippen LogP contribution in [0.1, 0.15) is 48.0 Å². The fourth-order valence-corrected chi connectivity index (χ4v) is 3.14. The van der Waals surface area contributed by atoms with E-state index in [0.717, 1.165) is 11.3 Å². The predicted molar refractivity (Wildman–Crippen MR) is 104 cm³/mol. The van der Waals surface area contributed by atoms with Gasteiger partial charge < -0.3 is 10.2 Å². The molecular formula is C20H22N6O. The number of aromatic amines is 1. The summed E-state index contributed by atoms with van der Waals surface area (Å²) in [7, 11) is 0. The molecule has 0 radical (unpaired) electrons. The second kappa shape index (κ2) is 6.50. The number of carbonyl (C=O) groups excluding carboxylic acids is 1. The molecule has 4 rings (SSSR count). The molecule has 0 fully saturated rings. The van der Waals surface area contributed by atoms with Crippen LogP contribution < -0.4 is 10.2 Å². The van der Waals surface area contributed by atoms with Crippen LogP contribution in [0.2, 0.25) is 0 Å². The van der Waals surface area contributed by atoms with Crippen LogP contribution in [0.3, 0.4) is 0 Å². The molecule has 0 saturated heterocycles. The number of H-pyrrole nitrogens is 1. The first-order valence-electron chi connectivity index (χ1n) is 8.92. The zero-order valence-corrected chi connectivity index (χ0v) is 15.7. The third-order valence-corrected chi connectivity index (χ3v) is 4.73. The molecule has 138 valence electrons. The number of nitrogens with one attached hydrogen (secondary N) is 2. The fourth-order valence-electron chi connectivity index (χ4n) is 3.14. The van der Waals surface area contributed by atoms with Gasteiger partial charge in [0.15, 0.2) is 0 Å². The number of fused-ring (bicyclic) bond motifs is 1. The lowest BCUT2D eigenvalue weighted by Crippen LogP contribution is -2.19. The SMILES string of the molecule is CC(C)(C)c1ccc(C(=O)Nc2[nH]nc3c2CN(c2ncccn2)C3)cc1. The Balaban J connectivity index is 1.48. The van der Waals surface area contributed by atoms with E-state index in [0.29, 0.717) is 30.4 Å². The van der Waals surface area contributed by atoms with E-state index in [9.17, 15) is 4.79 Å². The van der Waals surface area contributed by atoms with E-state index in [1.165, 1.54) is 5.56 Å². The molecule has 2 N–H and O–H groups in total. The largest absolute Gasteiger partial charge is 0.330 e. The first kappa shape index (κ1) is 17.2. The summed E-state index contributed by atoms with van der Waals surface area (Å²) in [5.74, 6) is 1.13. The van der Waals surface area contributed by atoms with Gasteiger partial charge in [-0.05, 0) is 29.2 Å². The van der Waals surface area contributed by atoms with Crippen molar-refractivity contribution in [1.29, 1.82) is 0 Å². The summed E-state index contributed by atoms with van der Waals surface area (Å²) in [6.07, 6.45) is 3.43. The lowest BCUT2D eigenvalue weighted by molar-refractivity contribution is 0.102. The Kier molecular flexibility index (Phi) is 4.14. The van der Waals surface area contributed by atoms with Crippen molar-refractivity contribution < 1.29 is 4.79 Å². The van der Waals surface area contributed by atoms with Crippen molar-refractivity contribution >= 4 is 17.7 Å². The molecule has 27 heavy (non-hydrogen) atoms. The summed E-state index contributed by atoms with van der Waals surface area (Å²) >= 11 is 0. The van der Waals surface area contributed by atoms with Crippen molar-refractivity contribution in [3.05, 3.63) is 65.1 Å². The van der Waals surface area contributed by atoms with Gasteiger partial charge in [0.1, 0.15) is 5.82 Å². The van der Waals surface area contributed by atoms with Gasteiger partial charge in [-0.1, -0.05) is 32.9 Å². The summed E-state index contributed by atoms with van der Waals surface area (Å²) in [5, 5.41) is 10.2. The maximum atomic E-state index is 12.6. The van der Waals surface area contributed by atoms with E-state index in [2.05, 4.69) is 46.3 Å². The van der Waals surface area contributed by atoms with Gasteiger partial charge in [0.25, 0.3) is 5.91 Å². The Morgan fingerprint density at radius 1 is 1.11 bits per heavy atom. The molecular weight excluding hydrogens is 340 g/mol. The summed E-state index contributed by atoms with van der Waals surface area (Å²) in [4.78, 5) is 23.2. The molecule has 0 unspecified atom stereocenters. The summed E-state index contributed by atoms with van der Waals surface area (Å²) in [5.41, 5.74) is 3.75. The van der Waals surface area contributed by atoms with E-state index in [1.54, 1.807) is 18.5 Å². The molecule has 0 saturated carbocycles. The van der Waals surface area contributed by atoms with Crippen LogP contribution in [0.25, 0.3) is 0 Å². The smallest absolute Gasteiger partial charge is 0.256 e. The first-order chi connectivity index (χ1) is 12.9. The molecule has 0 spiro atoms. The average molecular weight is 362 g/mol. The quantitative estimate of drug-likeness (QED) is 0.747. The Bertz CT molecular complexity index is 956. The lowest BCUT2D eigenvalue weighted by Gasteiger charge is -2.19. The number of hydrogen-bond donors (Lipinski definition) is 2. The molecule has 1 amide bonds. The number of nitrogens with zero attached hydrogens (tertiary/aromatic N) is 4. The third kappa shape index (κ3) is 3.40. The number of carbonyl (C=O) groups is 1. The summed E-state index contributed by atoms with van der Waals surface area (Å²) < 4.78 is 0. The number of anilines is 2. The topological polar surface area (TPSA) is 86.8 Å². The van der Waals surface area contributed by atoms with E-state index in [1.807, 2.05) is 29.2 Å². The van der Waals surface area contributed by atoms with Gasteiger partial charge in [0.05, 0.1) is 18.8 Å². The van der Waals surface area contributed by atoms with E-state index in [-0.39, 0.29) is 11.3 Å². The molecule has 7 nitrogen and oxygen atoms in total. The minimum Gasteiger partial charge on any atom is -0.330 e. The van der Waals surface area contributed by atoms with Gasteiger partial charge in [0, 0.05) is 23.5 Å². The second-order valence-electron chi connectivity index (χ2n) is 7.71. The van der Waals surface area contributed by atoms with Crippen LogP contribution in [-0.4, -0.2) is 26.1 Å². The van der Waals surface area contributed by atoms with Crippen LogP contribution in [0.15, 0.2) is 42.7 Å². The van der Waals surface area contributed by atoms with Gasteiger partial charge >= 0.3 is 0 Å².